The highest BCUT2D eigenvalue weighted by molar-refractivity contribution is 7.89. The zero-order chi connectivity index (χ0) is 19.4. The fraction of sp³-hybridized carbons (Fsp3) is 0.222. The molecule has 2 aromatic rings. The molecule has 3 rings (SSSR count). The number of fused-ring (bicyclic) bond motifs is 1. The minimum Gasteiger partial charge on any atom is -0.482 e. The van der Waals surface area contributed by atoms with Crippen molar-refractivity contribution in [2.24, 2.45) is 5.14 Å². The zero-order valence-corrected chi connectivity index (χ0v) is 15.2. The van der Waals surface area contributed by atoms with Crippen molar-refractivity contribution < 1.29 is 22.7 Å². The van der Waals surface area contributed by atoms with Crippen LogP contribution in [0.25, 0.3) is 0 Å². The third-order valence-corrected chi connectivity index (χ3v) is 5.04. The Hall–Kier alpha value is -2.91. The van der Waals surface area contributed by atoms with Crippen LogP contribution in [0.4, 0.5) is 5.69 Å². The maximum atomic E-state index is 12.1. The van der Waals surface area contributed by atoms with Crippen LogP contribution in [0.5, 0.6) is 5.75 Å². The van der Waals surface area contributed by atoms with E-state index in [9.17, 15) is 18.0 Å². The molecule has 0 atom stereocenters. The van der Waals surface area contributed by atoms with Crippen molar-refractivity contribution >= 4 is 27.5 Å². The highest BCUT2D eigenvalue weighted by Crippen LogP contribution is 2.31. The Balaban J connectivity index is 1.54. The van der Waals surface area contributed by atoms with Crippen molar-refractivity contribution in [2.75, 3.05) is 18.1 Å². The molecule has 0 saturated carbocycles. The van der Waals surface area contributed by atoms with Gasteiger partial charge in [0, 0.05) is 19.5 Å². The van der Waals surface area contributed by atoms with Crippen LogP contribution in [0.15, 0.2) is 53.4 Å². The average Bonchev–Trinajstić information content (AvgIpc) is 2.65. The fourth-order valence-electron chi connectivity index (χ4n) is 2.70. The molecule has 1 heterocycles. The molecule has 0 unspecified atom stereocenters. The molecule has 0 spiro atoms. The quantitative estimate of drug-likeness (QED) is 0.756. The van der Waals surface area contributed by atoms with Gasteiger partial charge in [0.2, 0.25) is 15.9 Å². The number of hydrogen-bond acceptors (Lipinski definition) is 5. The molecule has 8 nitrogen and oxygen atoms in total. The molecule has 0 aromatic heterocycles. The number of hydrogen-bond donors (Lipinski definition) is 2. The number of nitrogens with two attached hydrogens (primary N) is 1. The first-order chi connectivity index (χ1) is 12.8. The summed E-state index contributed by atoms with van der Waals surface area (Å²) in [6.45, 7) is 0.446. The second-order valence-corrected chi connectivity index (χ2v) is 7.58. The van der Waals surface area contributed by atoms with Gasteiger partial charge >= 0.3 is 0 Å². The Morgan fingerprint density at radius 3 is 2.56 bits per heavy atom. The van der Waals surface area contributed by atoms with E-state index in [0.717, 1.165) is 5.56 Å². The normalized spacial score (nSPS) is 13.7. The third-order valence-electron chi connectivity index (χ3n) is 4.11. The monoisotopic (exact) mass is 389 g/mol. The number of ether oxygens (including phenoxy) is 1. The van der Waals surface area contributed by atoms with Crippen molar-refractivity contribution in [2.45, 2.75) is 17.9 Å². The highest BCUT2D eigenvalue weighted by Gasteiger charge is 2.25. The average molecular weight is 389 g/mol. The molecule has 0 saturated heterocycles. The van der Waals surface area contributed by atoms with Crippen LogP contribution in [0.2, 0.25) is 0 Å². The first kappa shape index (κ1) is 18.9. The summed E-state index contributed by atoms with van der Waals surface area (Å²) >= 11 is 0. The lowest BCUT2D eigenvalue weighted by atomic mass is 10.2. The van der Waals surface area contributed by atoms with Crippen molar-refractivity contribution in [3.8, 4) is 5.75 Å². The number of rotatable bonds is 6. The van der Waals surface area contributed by atoms with E-state index < -0.39 is 10.0 Å². The molecular formula is C18H19N3O5S. The van der Waals surface area contributed by atoms with Crippen LogP contribution < -0.4 is 20.1 Å². The van der Waals surface area contributed by atoms with E-state index >= 15 is 0 Å². The molecule has 9 heteroatoms. The van der Waals surface area contributed by atoms with Crippen LogP contribution in [-0.2, 0) is 26.2 Å². The summed E-state index contributed by atoms with van der Waals surface area (Å²) in [7, 11) is -3.74. The number of benzene rings is 2. The lowest BCUT2D eigenvalue weighted by Gasteiger charge is -2.29. The van der Waals surface area contributed by atoms with Crippen LogP contribution in [-0.4, -0.2) is 33.4 Å². The second kappa shape index (κ2) is 7.77. The standard InChI is InChI=1S/C18H19N3O5S/c19-27(24,25)14-7-5-13(6-8-14)11-20-17(22)9-10-21-15-3-1-2-4-16(15)26-12-18(21)23/h1-8H,9-12H2,(H,20,22)(H2,19,24,25). The van der Waals surface area contributed by atoms with Gasteiger partial charge in [0.05, 0.1) is 10.6 Å². The molecule has 0 aliphatic carbocycles. The summed E-state index contributed by atoms with van der Waals surface area (Å²) < 4.78 is 27.8. The molecular weight excluding hydrogens is 370 g/mol. The van der Waals surface area contributed by atoms with E-state index in [1.165, 1.54) is 12.1 Å². The zero-order valence-electron chi connectivity index (χ0n) is 14.4. The van der Waals surface area contributed by atoms with E-state index in [1.807, 2.05) is 6.07 Å². The number of primary sulfonamides is 1. The molecule has 0 bridgehead atoms. The number of para-hydroxylation sites is 2. The topological polar surface area (TPSA) is 119 Å². The number of amides is 2. The molecule has 1 aliphatic heterocycles. The number of nitrogens with one attached hydrogen (secondary N) is 1. The van der Waals surface area contributed by atoms with Gasteiger partial charge < -0.3 is 15.0 Å². The molecule has 2 amide bonds. The van der Waals surface area contributed by atoms with Gasteiger partial charge in [-0.05, 0) is 29.8 Å². The van der Waals surface area contributed by atoms with E-state index in [1.54, 1.807) is 35.2 Å². The highest BCUT2D eigenvalue weighted by atomic mass is 32.2. The molecule has 3 N–H and O–H groups in total. The molecule has 0 fully saturated rings. The molecule has 0 radical (unpaired) electrons. The summed E-state index contributed by atoms with van der Waals surface area (Å²) in [5.41, 5.74) is 1.39. The maximum absolute atomic E-state index is 12.1. The number of sulfonamides is 1. The molecule has 2 aromatic carbocycles. The van der Waals surface area contributed by atoms with Crippen molar-refractivity contribution in [3.05, 3.63) is 54.1 Å². The smallest absolute Gasteiger partial charge is 0.265 e. The van der Waals surface area contributed by atoms with Gasteiger partial charge in [-0.15, -0.1) is 0 Å². The third kappa shape index (κ3) is 4.63. The number of carbonyl (C=O) groups is 2. The summed E-state index contributed by atoms with van der Waals surface area (Å²) in [4.78, 5) is 25.7. The largest absolute Gasteiger partial charge is 0.482 e. The van der Waals surface area contributed by atoms with Gasteiger partial charge in [0.1, 0.15) is 5.75 Å². The van der Waals surface area contributed by atoms with Gasteiger partial charge in [-0.25, -0.2) is 13.6 Å². The first-order valence-corrected chi connectivity index (χ1v) is 9.80. The van der Waals surface area contributed by atoms with E-state index in [4.69, 9.17) is 9.88 Å². The Bertz CT molecular complexity index is 957. The maximum Gasteiger partial charge on any atom is 0.265 e. The predicted molar refractivity (Wildman–Crippen MR) is 98.6 cm³/mol. The molecule has 142 valence electrons. The van der Waals surface area contributed by atoms with Gasteiger partial charge in [-0.3, -0.25) is 9.59 Å². The van der Waals surface area contributed by atoms with Crippen LogP contribution in [0.1, 0.15) is 12.0 Å². The van der Waals surface area contributed by atoms with Crippen molar-refractivity contribution in [3.63, 3.8) is 0 Å². The van der Waals surface area contributed by atoms with Crippen molar-refractivity contribution in [1.82, 2.24) is 5.32 Å². The SMILES string of the molecule is NS(=O)(=O)c1ccc(CNC(=O)CCN2C(=O)COc3ccccc32)cc1. The van der Waals surface area contributed by atoms with E-state index in [-0.39, 0.29) is 42.8 Å². The lowest BCUT2D eigenvalue weighted by Crippen LogP contribution is -2.41. The summed E-state index contributed by atoms with van der Waals surface area (Å²) in [5, 5.41) is 7.79. The van der Waals surface area contributed by atoms with Crippen LogP contribution in [0.3, 0.4) is 0 Å². The number of anilines is 1. The Morgan fingerprint density at radius 2 is 1.85 bits per heavy atom. The van der Waals surface area contributed by atoms with Gasteiger partial charge in [0.15, 0.2) is 6.61 Å². The lowest BCUT2D eigenvalue weighted by molar-refractivity contribution is -0.122. The van der Waals surface area contributed by atoms with Gasteiger partial charge in [0.25, 0.3) is 5.91 Å². The molecule has 27 heavy (non-hydrogen) atoms. The van der Waals surface area contributed by atoms with Crippen LogP contribution >= 0.6 is 0 Å². The summed E-state index contributed by atoms with van der Waals surface area (Å²) in [6, 6.07) is 13.1. The number of nitrogens with zero attached hydrogens (tertiary/aromatic N) is 1. The second-order valence-electron chi connectivity index (χ2n) is 6.02. The first-order valence-electron chi connectivity index (χ1n) is 8.25. The van der Waals surface area contributed by atoms with Crippen molar-refractivity contribution in [1.29, 1.82) is 0 Å². The summed E-state index contributed by atoms with van der Waals surface area (Å²) in [6.07, 6.45) is 0.134. The summed E-state index contributed by atoms with van der Waals surface area (Å²) in [5.74, 6) is 0.204. The minimum absolute atomic E-state index is 0.0158. The van der Waals surface area contributed by atoms with E-state index in [0.29, 0.717) is 11.4 Å². The minimum atomic E-state index is -3.74. The molecule has 1 aliphatic rings. The Morgan fingerprint density at radius 1 is 1.15 bits per heavy atom. The Labute approximate surface area is 157 Å². The predicted octanol–water partition coefficient (Wildman–Crippen LogP) is 0.766. The Kier molecular flexibility index (Phi) is 5.43. The van der Waals surface area contributed by atoms with E-state index in [2.05, 4.69) is 5.32 Å². The number of carbonyl (C=O) groups excluding carboxylic acids is 2. The van der Waals surface area contributed by atoms with Gasteiger partial charge in [-0.1, -0.05) is 24.3 Å². The fourth-order valence-corrected chi connectivity index (χ4v) is 3.21. The van der Waals surface area contributed by atoms with Gasteiger partial charge in [-0.2, -0.15) is 0 Å². The van der Waals surface area contributed by atoms with Crippen LogP contribution in [0, 0.1) is 0 Å².